The first-order valence-electron chi connectivity index (χ1n) is 10.6. The normalized spacial score (nSPS) is 13.8. The Morgan fingerprint density at radius 1 is 0.943 bits per heavy atom. The molecule has 3 aromatic rings. The van der Waals surface area contributed by atoms with E-state index < -0.39 is 29.8 Å². The molecule has 1 unspecified atom stereocenters. The number of carbonyl (C=O) groups excluding carboxylic acids is 2. The number of hydrogen-bond donors (Lipinski definition) is 3. The Morgan fingerprint density at radius 2 is 1.60 bits per heavy atom. The van der Waals surface area contributed by atoms with E-state index in [1.54, 1.807) is 36.4 Å². The zero-order valence-electron chi connectivity index (χ0n) is 18.4. The van der Waals surface area contributed by atoms with Gasteiger partial charge in [-0.2, -0.15) is 13.2 Å². The van der Waals surface area contributed by atoms with Gasteiger partial charge in [-0.1, -0.05) is 24.3 Å². The standard InChI is InChI=1S/C25H20F3N3O4/c1-14(23(33)34)31-13-17-11-16(7-10-21(17)22(31)32)15-5-8-19(9-6-15)29-24(35)30-20-4-2-3-18(12-20)25(26,27)28/h2-12,14H,13H2,1H3,(H,33,34)(H2,29,30,35). The van der Waals surface area contributed by atoms with Gasteiger partial charge in [0, 0.05) is 23.5 Å². The highest BCUT2D eigenvalue weighted by atomic mass is 19.4. The quantitative estimate of drug-likeness (QED) is 0.450. The molecule has 0 saturated carbocycles. The zero-order valence-corrected chi connectivity index (χ0v) is 18.4. The van der Waals surface area contributed by atoms with E-state index in [2.05, 4.69) is 10.6 Å². The molecule has 3 amide bonds. The molecule has 1 atom stereocenters. The van der Waals surface area contributed by atoms with Crippen molar-refractivity contribution in [3.8, 4) is 11.1 Å². The van der Waals surface area contributed by atoms with Crippen molar-refractivity contribution in [2.24, 2.45) is 0 Å². The maximum Gasteiger partial charge on any atom is 0.416 e. The molecular weight excluding hydrogens is 463 g/mol. The van der Waals surface area contributed by atoms with Crippen LogP contribution in [0.25, 0.3) is 11.1 Å². The molecule has 7 nitrogen and oxygen atoms in total. The summed E-state index contributed by atoms with van der Waals surface area (Å²) in [4.78, 5) is 37.3. The lowest BCUT2D eigenvalue weighted by Crippen LogP contribution is -2.38. The van der Waals surface area contributed by atoms with Crippen LogP contribution in [0.3, 0.4) is 0 Å². The van der Waals surface area contributed by atoms with Crippen molar-refractivity contribution in [1.29, 1.82) is 0 Å². The van der Waals surface area contributed by atoms with Crippen LogP contribution in [-0.4, -0.2) is 34.0 Å². The molecule has 3 N–H and O–H groups in total. The van der Waals surface area contributed by atoms with Crippen molar-refractivity contribution in [2.75, 3.05) is 10.6 Å². The number of carbonyl (C=O) groups is 3. The third-order valence-corrected chi connectivity index (χ3v) is 5.69. The first-order valence-corrected chi connectivity index (χ1v) is 10.6. The zero-order chi connectivity index (χ0) is 25.3. The molecular formula is C25H20F3N3O4. The third kappa shape index (κ3) is 5.11. The average molecular weight is 483 g/mol. The Kier molecular flexibility index (Phi) is 6.21. The number of urea groups is 1. The number of nitrogens with one attached hydrogen (secondary N) is 2. The fourth-order valence-electron chi connectivity index (χ4n) is 3.78. The van der Waals surface area contributed by atoms with Crippen molar-refractivity contribution in [3.05, 3.63) is 83.4 Å². The van der Waals surface area contributed by atoms with Gasteiger partial charge >= 0.3 is 18.2 Å². The van der Waals surface area contributed by atoms with E-state index in [0.29, 0.717) is 11.3 Å². The van der Waals surface area contributed by atoms with E-state index in [1.165, 1.54) is 24.0 Å². The Labute approximate surface area is 198 Å². The van der Waals surface area contributed by atoms with E-state index in [4.69, 9.17) is 0 Å². The number of carboxylic acid groups (broad SMARTS) is 1. The number of carboxylic acids is 1. The number of hydrogen-bond acceptors (Lipinski definition) is 3. The summed E-state index contributed by atoms with van der Waals surface area (Å²) in [5.41, 5.74) is 2.37. The minimum Gasteiger partial charge on any atom is -0.480 e. The number of halogens is 3. The van der Waals surface area contributed by atoms with Crippen LogP contribution in [0.15, 0.2) is 66.7 Å². The second-order valence-corrected chi connectivity index (χ2v) is 8.05. The summed E-state index contributed by atoms with van der Waals surface area (Å²) >= 11 is 0. The molecule has 3 aromatic carbocycles. The van der Waals surface area contributed by atoms with E-state index in [1.807, 2.05) is 6.07 Å². The number of rotatable bonds is 5. The van der Waals surface area contributed by atoms with Gasteiger partial charge in [0.25, 0.3) is 5.91 Å². The number of alkyl halides is 3. The van der Waals surface area contributed by atoms with Crippen molar-refractivity contribution in [1.82, 2.24) is 4.90 Å². The van der Waals surface area contributed by atoms with Crippen LogP contribution in [0.1, 0.15) is 28.4 Å². The lowest BCUT2D eigenvalue weighted by molar-refractivity contribution is -0.141. The fraction of sp³-hybridized carbons (Fsp3) is 0.160. The Morgan fingerprint density at radius 3 is 2.26 bits per heavy atom. The van der Waals surface area contributed by atoms with Crippen LogP contribution in [0, 0.1) is 0 Å². The van der Waals surface area contributed by atoms with Crippen LogP contribution in [-0.2, 0) is 17.5 Å². The predicted molar refractivity (Wildman–Crippen MR) is 123 cm³/mol. The van der Waals surface area contributed by atoms with E-state index in [-0.39, 0.29) is 18.1 Å². The lowest BCUT2D eigenvalue weighted by Gasteiger charge is -2.19. The molecule has 4 rings (SSSR count). The van der Waals surface area contributed by atoms with Gasteiger partial charge in [-0.05, 0) is 66.1 Å². The molecule has 0 radical (unpaired) electrons. The first kappa shape index (κ1) is 23.8. The Bertz CT molecular complexity index is 1310. The van der Waals surface area contributed by atoms with Crippen molar-refractivity contribution < 1.29 is 32.7 Å². The van der Waals surface area contributed by atoms with Gasteiger partial charge in [0.2, 0.25) is 0 Å². The molecule has 0 spiro atoms. The summed E-state index contributed by atoms with van der Waals surface area (Å²) in [5.74, 6) is -1.40. The minimum atomic E-state index is -4.51. The van der Waals surface area contributed by atoms with E-state index in [0.717, 1.165) is 28.8 Å². The number of anilines is 2. The molecule has 1 heterocycles. The molecule has 0 saturated heterocycles. The van der Waals surface area contributed by atoms with Crippen LogP contribution < -0.4 is 10.6 Å². The Hall–Kier alpha value is -4.34. The summed E-state index contributed by atoms with van der Waals surface area (Å²) in [6.45, 7) is 1.66. The van der Waals surface area contributed by atoms with Gasteiger partial charge in [0.05, 0.1) is 5.56 Å². The summed E-state index contributed by atoms with van der Waals surface area (Å²) in [5, 5.41) is 14.2. The minimum absolute atomic E-state index is 0.00731. The van der Waals surface area contributed by atoms with Crippen molar-refractivity contribution in [2.45, 2.75) is 25.7 Å². The van der Waals surface area contributed by atoms with E-state index in [9.17, 15) is 32.7 Å². The average Bonchev–Trinajstić information content (AvgIpc) is 3.14. The van der Waals surface area contributed by atoms with Crippen LogP contribution in [0.2, 0.25) is 0 Å². The topological polar surface area (TPSA) is 98.7 Å². The summed E-state index contributed by atoms with van der Waals surface area (Å²) in [6, 6.07) is 14.7. The number of amides is 3. The van der Waals surface area contributed by atoms with Crippen LogP contribution in [0.5, 0.6) is 0 Å². The molecule has 0 fully saturated rings. The highest BCUT2D eigenvalue weighted by Crippen LogP contribution is 2.32. The molecule has 0 aromatic heterocycles. The molecule has 35 heavy (non-hydrogen) atoms. The van der Waals surface area contributed by atoms with Gasteiger partial charge in [-0.3, -0.25) is 4.79 Å². The molecule has 0 aliphatic carbocycles. The third-order valence-electron chi connectivity index (χ3n) is 5.69. The van der Waals surface area contributed by atoms with Gasteiger partial charge in [0.15, 0.2) is 0 Å². The maximum atomic E-state index is 12.8. The largest absolute Gasteiger partial charge is 0.480 e. The summed E-state index contributed by atoms with van der Waals surface area (Å²) < 4.78 is 38.5. The monoisotopic (exact) mass is 483 g/mol. The van der Waals surface area contributed by atoms with Gasteiger partial charge < -0.3 is 20.6 Å². The second kappa shape index (κ2) is 9.13. The molecule has 0 bridgehead atoms. The number of nitrogens with zero attached hydrogens (tertiary/aromatic N) is 1. The fourth-order valence-corrected chi connectivity index (χ4v) is 3.78. The molecule has 1 aliphatic rings. The predicted octanol–water partition coefficient (Wildman–Crippen LogP) is 5.45. The van der Waals surface area contributed by atoms with Crippen molar-refractivity contribution >= 4 is 29.3 Å². The number of benzene rings is 3. The number of aliphatic carboxylic acids is 1. The Balaban J connectivity index is 1.43. The SMILES string of the molecule is CC(C(=O)O)N1Cc2cc(-c3ccc(NC(=O)Nc4cccc(C(F)(F)F)c4)cc3)ccc2C1=O. The van der Waals surface area contributed by atoms with Crippen LogP contribution in [0.4, 0.5) is 29.3 Å². The second-order valence-electron chi connectivity index (χ2n) is 8.05. The molecule has 1 aliphatic heterocycles. The molecule has 10 heteroatoms. The lowest BCUT2D eigenvalue weighted by atomic mass is 10.0. The van der Waals surface area contributed by atoms with Crippen LogP contribution >= 0.6 is 0 Å². The van der Waals surface area contributed by atoms with Gasteiger partial charge in [-0.25, -0.2) is 9.59 Å². The maximum absolute atomic E-state index is 12.8. The molecule has 180 valence electrons. The van der Waals surface area contributed by atoms with Gasteiger partial charge in [0.1, 0.15) is 6.04 Å². The van der Waals surface area contributed by atoms with Gasteiger partial charge in [-0.15, -0.1) is 0 Å². The van der Waals surface area contributed by atoms with E-state index >= 15 is 0 Å². The first-order chi connectivity index (χ1) is 16.5. The summed E-state index contributed by atoms with van der Waals surface area (Å²) in [7, 11) is 0. The van der Waals surface area contributed by atoms with Crippen molar-refractivity contribution in [3.63, 3.8) is 0 Å². The highest BCUT2D eigenvalue weighted by molar-refractivity contribution is 6.01. The summed E-state index contributed by atoms with van der Waals surface area (Å²) in [6.07, 6.45) is -4.51. The highest BCUT2D eigenvalue weighted by Gasteiger charge is 2.34. The number of fused-ring (bicyclic) bond motifs is 1. The smallest absolute Gasteiger partial charge is 0.416 e.